The molecule has 0 aromatic carbocycles. The van der Waals surface area contributed by atoms with Crippen LogP contribution in [0.2, 0.25) is 0 Å². The number of likely N-dealkylation sites (tertiary alicyclic amines) is 1. The maximum Gasteiger partial charge on any atom is 0.0180 e. The first-order valence-corrected chi connectivity index (χ1v) is 6.01. The predicted molar refractivity (Wildman–Crippen MR) is 59.3 cm³/mol. The van der Waals surface area contributed by atoms with Gasteiger partial charge in [0.05, 0.1) is 0 Å². The topological polar surface area (TPSA) is 32.5 Å². The van der Waals surface area contributed by atoms with Crippen molar-refractivity contribution in [1.82, 2.24) is 9.80 Å². The zero-order valence-corrected chi connectivity index (χ0v) is 9.28. The van der Waals surface area contributed by atoms with Crippen LogP contribution in [0.25, 0.3) is 0 Å². The zero-order valence-electron chi connectivity index (χ0n) is 9.28. The van der Waals surface area contributed by atoms with Crippen molar-refractivity contribution >= 4 is 0 Å². The summed E-state index contributed by atoms with van der Waals surface area (Å²) in [5.41, 5.74) is 5.88. The molecule has 14 heavy (non-hydrogen) atoms. The second-order valence-electron chi connectivity index (χ2n) is 4.71. The van der Waals surface area contributed by atoms with Crippen molar-refractivity contribution in [3.63, 3.8) is 0 Å². The molecule has 1 heterocycles. The fourth-order valence-corrected chi connectivity index (χ4v) is 2.37. The Bertz CT molecular complexity index is 179. The van der Waals surface area contributed by atoms with Gasteiger partial charge in [-0.05, 0) is 32.4 Å². The average Bonchev–Trinajstić information content (AvgIpc) is 2.92. The molecule has 2 fully saturated rings. The van der Waals surface area contributed by atoms with Crippen molar-refractivity contribution in [3.8, 4) is 0 Å². The van der Waals surface area contributed by atoms with Gasteiger partial charge in [0.2, 0.25) is 0 Å². The lowest BCUT2D eigenvalue weighted by Gasteiger charge is -2.23. The van der Waals surface area contributed by atoms with E-state index in [1.807, 2.05) is 0 Å². The molecule has 0 aromatic heterocycles. The minimum atomic E-state index is 0.436. The summed E-state index contributed by atoms with van der Waals surface area (Å²) in [6.45, 7) is 8.27. The number of likely N-dealkylation sites (N-methyl/N-ethyl adjacent to an activating group) is 1. The third kappa shape index (κ3) is 2.69. The standard InChI is InChI=1S/C11H23N3/c1-2-14(11-3-4-11)8-7-13-6-5-10(12)9-13/h10-11H,2-9,12H2,1H3. The van der Waals surface area contributed by atoms with Gasteiger partial charge in [-0.3, -0.25) is 4.90 Å². The van der Waals surface area contributed by atoms with E-state index in [0.717, 1.165) is 12.6 Å². The fourth-order valence-electron chi connectivity index (χ4n) is 2.37. The second kappa shape index (κ2) is 4.60. The minimum Gasteiger partial charge on any atom is -0.326 e. The first-order chi connectivity index (χ1) is 6.79. The van der Waals surface area contributed by atoms with Gasteiger partial charge in [-0.25, -0.2) is 0 Å². The molecule has 2 rings (SSSR count). The van der Waals surface area contributed by atoms with Gasteiger partial charge in [-0.15, -0.1) is 0 Å². The van der Waals surface area contributed by atoms with E-state index in [2.05, 4.69) is 16.7 Å². The summed E-state index contributed by atoms with van der Waals surface area (Å²) in [6, 6.07) is 1.35. The Hall–Kier alpha value is -0.120. The molecule has 2 N–H and O–H groups in total. The maximum atomic E-state index is 5.88. The highest BCUT2D eigenvalue weighted by atomic mass is 15.2. The summed E-state index contributed by atoms with van der Waals surface area (Å²) in [4.78, 5) is 5.12. The molecule has 82 valence electrons. The Morgan fingerprint density at radius 3 is 2.64 bits per heavy atom. The maximum absolute atomic E-state index is 5.88. The van der Waals surface area contributed by atoms with E-state index in [1.165, 1.54) is 45.4 Å². The van der Waals surface area contributed by atoms with Crippen molar-refractivity contribution in [3.05, 3.63) is 0 Å². The lowest BCUT2D eigenvalue weighted by molar-refractivity contribution is 0.224. The molecular weight excluding hydrogens is 174 g/mol. The molecular formula is C11H23N3. The molecule has 3 heteroatoms. The van der Waals surface area contributed by atoms with Crippen LogP contribution in [0.15, 0.2) is 0 Å². The van der Waals surface area contributed by atoms with Crippen molar-refractivity contribution < 1.29 is 0 Å². The first-order valence-electron chi connectivity index (χ1n) is 6.01. The molecule has 3 nitrogen and oxygen atoms in total. The molecule has 1 atom stereocenters. The Morgan fingerprint density at radius 1 is 1.36 bits per heavy atom. The van der Waals surface area contributed by atoms with Gasteiger partial charge in [0.1, 0.15) is 0 Å². The van der Waals surface area contributed by atoms with Crippen molar-refractivity contribution in [2.45, 2.75) is 38.3 Å². The first kappa shape index (κ1) is 10.4. The SMILES string of the molecule is CCN(CCN1CCC(N)C1)C1CC1. The predicted octanol–water partition coefficient (Wildman–Crippen LogP) is 0.504. The largest absolute Gasteiger partial charge is 0.326 e. The van der Waals surface area contributed by atoms with Crippen LogP contribution in [0.5, 0.6) is 0 Å². The van der Waals surface area contributed by atoms with Crippen LogP contribution < -0.4 is 5.73 Å². The Morgan fingerprint density at radius 2 is 2.14 bits per heavy atom. The van der Waals surface area contributed by atoms with E-state index < -0.39 is 0 Å². The highest BCUT2D eigenvalue weighted by Gasteiger charge is 2.28. The third-order valence-electron chi connectivity index (χ3n) is 3.48. The van der Waals surface area contributed by atoms with Gasteiger partial charge >= 0.3 is 0 Å². The van der Waals surface area contributed by atoms with E-state index >= 15 is 0 Å². The summed E-state index contributed by atoms with van der Waals surface area (Å²) in [7, 11) is 0. The number of hydrogen-bond donors (Lipinski definition) is 1. The highest BCUT2D eigenvalue weighted by Crippen LogP contribution is 2.26. The highest BCUT2D eigenvalue weighted by molar-refractivity contribution is 4.85. The molecule has 0 aromatic rings. The summed E-state index contributed by atoms with van der Waals surface area (Å²) < 4.78 is 0. The smallest absolute Gasteiger partial charge is 0.0180 e. The van der Waals surface area contributed by atoms with E-state index in [1.54, 1.807) is 0 Å². The van der Waals surface area contributed by atoms with Crippen molar-refractivity contribution in [2.24, 2.45) is 5.73 Å². The van der Waals surface area contributed by atoms with E-state index in [-0.39, 0.29) is 0 Å². The Balaban J connectivity index is 1.65. The van der Waals surface area contributed by atoms with Gasteiger partial charge in [0.25, 0.3) is 0 Å². The lowest BCUT2D eigenvalue weighted by Crippen LogP contribution is -2.36. The molecule has 1 saturated carbocycles. The molecule has 1 saturated heterocycles. The molecule has 2 aliphatic rings. The Kier molecular flexibility index (Phi) is 3.42. The molecule has 0 amide bonds. The van der Waals surface area contributed by atoms with Crippen LogP contribution in [-0.2, 0) is 0 Å². The van der Waals surface area contributed by atoms with Gasteiger partial charge in [-0.2, -0.15) is 0 Å². The lowest BCUT2D eigenvalue weighted by atomic mass is 10.3. The number of nitrogens with zero attached hydrogens (tertiary/aromatic N) is 2. The minimum absolute atomic E-state index is 0.436. The average molecular weight is 197 g/mol. The van der Waals surface area contributed by atoms with E-state index in [9.17, 15) is 0 Å². The van der Waals surface area contributed by atoms with Gasteiger partial charge in [-0.1, -0.05) is 6.92 Å². The van der Waals surface area contributed by atoms with E-state index in [4.69, 9.17) is 5.73 Å². The molecule has 1 aliphatic heterocycles. The quantitative estimate of drug-likeness (QED) is 0.697. The van der Waals surface area contributed by atoms with Crippen LogP contribution in [0.1, 0.15) is 26.2 Å². The van der Waals surface area contributed by atoms with Crippen molar-refractivity contribution in [2.75, 3.05) is 32.7 Å². The molecule has 1 unspecified atom stereocenters. The fraction of sp³-hybridized carbons (Fsp3) is 1.00. The van der Waals surface area contributed by atoms with Crippen LogP contribution >= 0.6 is 0 Å². The summed E-state index contributed by atoms with van der Waals surface area (Å²) in [5, 5.41) is 0. The molecule has 0 radical (unpaired) electrons. The zero-order chi connectivity index (χ0) is 9.97. The molecule has 1 aliphatic carbocycles. The van der Waals surface area contributed by atoms with Crippen LogP contribution in [-0.4, -0.2) is 54.6 Å². The normalized spacial score (nSPS) is 28.9. The monoisotopic (exact) mass is 197 g/mol. The van der Waals surface area contributed by atoms with Crippen LogP contribution in [0.4, 0.5) is 0 Å². The summed E-state index contributed by atoms with van der Waals surface area (Å²) >= 11 is 0. The number of rotatable bonds is 5. The van der Waals surface area contributed by atoms with Crippen molar-refractivity contribution in [1.29, 1.82) is 0 Å². The van der Waals surface area contributed by atoms with Crippen LogP contribution in [0.3, 0.4) is 0 Å². The molecule has 0 spiro atoms. The van der Waals surface area contributed by atoms with Crippen LogP contribution in [0, 0.1) is 0 Å². The van der Waals surface area contributed by atoms with Gasteiger partial charge in [0, 0.05) is 31.7 Å². The van der Waals surface area contributed by atoms with Gasteiger partial charge in [0.15, 0.2) is 0 Å². The summed E-state index contributed by atoms with van der Waals surface area (Å²) in [5.74, 6) is 0. The summed E-state index contributed by atoms with van der Waals surface area (Å²) in [6.07, 6.45) is 4.04. The molecule has 0 bridgehead atoms. The Labute approximate surface area is 87.2 Å². The third-order valence-corrected chi connectivity index (χ3v) is 3.48. The van der Waals surface area contributed by atoms with E-state index in [0.29, 0.717) is 6.04 Å². The van der Waals surface area contributed by atoms with Gasteiger partial charge < -0.3 is 10.6 Å². The number of hydrogen-bond acceptors (Lipinski definition) is 3. The second-order valence-corrected chi connectivity index (χ2v) is 4.71. The number of nitrogens with two attached hydrogens (primary N) is 1.